The van der Waals surface area contributed by atoms with Gasteiger partial charge in [0, 0.05) is 12.0 Å². The van der Waals surface area contributed by atoms with Crippen molar-refractivity contribution in [3.8, 4) is 0 Å². The maximum Gasteiger partial charge on any atom is 0.306 e. The van der Waals surface area contributed by atoms with Gasteiger partial charge in [0.15, 0.2) is 0 Å². The molecule has 2 N–H and O–H groups in total. The summed E-state index contributed by atoms with van der Waals surface area (Å²) in [5, 5.41) is 22.5. The number of hydrogen-bond donors (Lipinski definition) is 2. The molecule has 0 radical (unpaired) electrons. The van der Waals surface area contributed by atoms with Crippen LogP contribution in [0.15, 0.2) is 18.2 Å². The van der Waals surface area contributed by atoms with Crippen LogP contribution in [0.1, 0.15) is 24.8 Å². The van der Waals surface area contributed by atoms with Gasteiger partial charge in [0.2, 0.25) is 5.91 Å². The molecule has 7 heteroatoms. The Balaban J connectivity index is 2.09. The Morgan fingerprint density at radius 3 is 2.57 bits per heavy atom. The molecule has 1 saturated carbocycles. The van der Waals surface area contributed by atoms with Crippen molar-refractivity contribution < 1.29 is 19.6 Å². The molecule has 21 heavy (non-hydrogen) atoms. The highest BCUT2D eigenvalue weighted by Gasteiger charge is 2.34. The van der Waals surface area contributed by atoms with Crippen molar-refractivity contribution >= 4 is 23.3 Å². The second kappa shape index (κ2) is 5.90. The number of carboxylic acid groups (broad SMARTS) is 1. The fourth-order valence-corrected chi connectivity index (χ4v) is 2.64. The number of carboxylic acids is 1. The van der Waals surface area contributed by atoms with Crippen LogP contribution in [-0.4, -0.2) is 21.9 Å². The average Bonchev–Trinajstić information content (AvgIpc) is 2.90. The Labute approximate surface area is 121 Å². The summed E-state index contributed by atoms with van der Waals surface area (Å²) >= 11 is 0. The largest absolute Gasteiger partial charge is 0.481 e. The smallest absolute Gasteiger partial charge is 0.306 e. The van der Waals surface area contributed by atoms with E-state index >= 15 is 0 Å². The van der Waals surface area contributed by atoms with E-state index in [4.69, 9.17) is 5.11 Å². The summed E-state index contributed by atoms with van der Waals surface area (Å²) in [6, 6.07) is 4.49. The van der Waals surface area contributed by atoms with Crippen LogP contribution in [0, 0.1) is 28.9 Å². The van der Waals surface area contributed by atoms with Crippen LogP contribution in [0.25, 0.3) is 0 Å². The number of hydrogen-bond acceptors (Lipinski definition) is 4. The molecule has 0 heterocycles. The molecule has 1 amide bonds. The third-order valence-electron chi connectivity index (χ3n) is 3.91. The third kappa shape index (κ3) is 3.18. The Morgan fingerprint density at radius 1 is 1.33 bits per heavy atom. The number of carbonyl (C=O) groups excluding carboxylic acids is 1. The first-order chi connectivity index (χ1) is 9.90. The van der Waals surface area contributed by atoms with Crippen LogP contribution in [0.5, 0.6) is 0 Å². The SMILES string of the molecule is Cc1c(NC(=O)C2CCC(C(=O)O)C2)cccc1[N+](=O)[O-]. The molecule has 1 aliphatic rings. The molecular weight excluding hydrogens is 276 g/mol. The number of nitrogens with one attached hydrogen (secondary N) is 1. The first-order valence-electron chi connectivity index (χ1n) is 6.67. The molecule has 0 aromatic heterocycles. The highest BCUT2D eigenvalue weighted by molar-refractivity contribution is 5.94. The summed E-state index contributed by atoms with van der Waals surface area (Å²) in [5.41, 5.74) is 0.735. The number of nitrogens with zero attached hydrogens (tertiary/aromatic N) is 1. The normalized spacial score (nSPS) is 21.0. The van der Waals surface area contributed by atoms with Crippen LogP contribution >= 0.6 is 0 Å². The van der Waals surface area contributed by atoms with E-state index in [1.54, 1.807) is 13.0 Å². The molecule has 1 aliphatic carbocycles. The number of nitro groups is 1. The maximum atomic E-state index is 12.1. The number of carbonyl (C=O) groups is 2. The molecule has 0 spiro atoms. The highest BCUT2D eigenvalue weighted by Crippen LogP contribution is 2.33. The van der Waals surface area contributed by atoms with Gasteiger partial charge in [-0.25, -0.2) is 0 Å². The van der Waals surface area contributed by atoms with Crippen molar-refractivity contribution in [2.45, 2.75) is 26.2 Å². The van der Waals surface area contributed by atoms with Crippen LogP contribution in [0.2, 0.25) is 0 Å². The van der Waals surface area contributed by atoms with E-state index in [2.05, 4.69) is 5.32 Å². The summed E-state index contributed by atoms with van der Waals surface area (Å²) in [6.07, 6.45) is 1.33. The van der Waals surface area contributed by atoms with Gasteiger partial charge in [0.05, 0.1) is 22.1 Å². The number of amides is 1. The van der Waals surface area contributed by atoms with Crippen molar-refractivity contribution in [1.29, 1.82) is 0 Å². The van der Waals surface area contributed by atoms with Crippen molar-refractivity contribution in [3.63, 3.8) is 0 Å². The average molecular weight is 292 g/mol. The molecule has 2 rings (SSSR count). The van der Waals surface area contributed by atoms with E-state index in [1.165, 1.54) is 12.1 Å². The Hall–Kier alpha value is -2.44. The van der Waals surface area contributed by atoms with Crippen molar-refractivity contribution in [2.24, 2.45) is 11.8 Å². The van der Waals surface area contributed by atoms with E-state index in [-0.39, 0.29) is 17.5 Å². The first kappa shape index (κ1) is 15.0. The van der Waals surface area contributed by atoms with Crippen molar-refractivity contribution in [2.75, 3.05) is 5.32 Å². The van der Waals surface area contributed by atoms with Crippen LogP contribution in [0.4, 0.5) is 11.4 Å². The first-order valence-corrected chi connectivity index (χ1v) is 6.67. The minimum Gasteiger partial charge on any atom is -0.481 e. The van der Waals surface area contributed by atoms with Crippen molar-refractivity contribution in [3.05, 3.63) is 33.9 Å². The summed E-state index contributed by atoms with van der Waals surface area (Å²) in [4.78, 5) is 33.4. The molecule has 112 valence electrons. The predicted octanol–water partition coefficient (Wildman–Crippen LogP) is 2.34. The zero-order valence-electron chi connectivity index (χ0n) is 11.5. The fourth-order valence-electron chi connectivity index (χ4n) is 2.64. The summed E-state index contributed by atoms with van der Waals surface area (Å²) in [5.74, 6) is -1.99. The van der Waals surface area contributed by atoms with Crippen LogP contribution in [0.3, 0.4) is 0 Å². The van der Waals surface area contributed by atoms with Gasteiger partial charge in [0.1, 0.15) is 0 Å². The molecule has 7 nitrogen and oxygen atoms in total. The predicted molar refractivity (Wildman–Crippen MR) is 74.9 cm³/mol. The zero-order valence-corrected chi connectivity index (χ0v) is 11.5. The summed E-state index contributed by atoms with van der Waals surface area (Å²) < 4.78 is 0. The van der Waals surface area contributed by atoms with E-state index in [0.29, 0.717) is 30.5 Å². The number of rotatable bonds is 4. The highest BCUT2D eigenvalue weighted by atomic mass is 16.6. The molecule has 0 bridgehead atoms. The number of aliphatic carboxylic acids is 1. The molecule has 2 atom stereocenters. The molecule has 1 aromatic rings. The van der Waals surface area contributed by atoms with E-state index in [0.717, 1.165) is 0 Å². The van der Waals surface area contributed by atoms with E-state index in [9.17, 15) is 19.7 Å². The van der Waals surface area contributed by atoms with Gasteiger partial charge in [-0.1, -0.05) is 6.07 Å². The monoisotopic (exact) mass is 292 g/mol. The lowest BCUT2D eigenvalue weighted by Gasteiger charge is -2.12. The molecule has 1 aromatic carbocycles. The molecule has 0 aliphatic heterocycles. The molecule has 2 unspecified atom stereocenters. The molecule has 1 fully saturated rings. The van der Waals surface area contributed by atoms with Gasteiger partial charge in [-0.2, -0.15) is 0 Å². The standard InChI is InChI=1S/C14H16N2O5/c1-8-11(3-2-4-12(8)16(20)21)15-13(17)9-5-6-10(7-9)14(18)19/h2-4,9-10H,5-7H2,1H3,(H,15,17)(H,18,19). The van der Waals surface area contributed by atoms with Gasteiger partial charge in [-0.05, 0) is 32.3 Å². The second-order valence-corrected chi connectivity index (χ2v) is 5.24. The minimum atomic E-state index is -0.878. The lowest BCUT2D eigenvalue weighted by Crippen LogP contribution is -2.22. The van der Waals surface area contributed by atoms with Gasteiger partial charge >= 0.3 is 5.97 Å². The molecular formula is C14H16N2O5. The van der Waals surface area contributed by atoms with E-state index < -0.39 is 16.8 Å². The Bertz CT molecular complexity index is 599. The maximum absolute atomic E-state index is 12.1. The second-order valence-electron chi connectivity index (χ2n) is 5.24. The van der Waals surface area contributed by atoms with Gasteiger partial charge in [-0.3, -0.25) is 19.7 Å². The van der Waals surface area contributed by atoms with Gasteiger partial charge in [0.25, 0.3) is 5.69 Å². The lowest BCUT2D eigenvalue weighted by molar-refractivity contribution is -0.385. The summed E-state index contributed by atoms with van der Waals surface area (Å²) in [6.45, 7) is 1.57. The van der Waals surface area contributed by atoms with Crippen LogP contribution in [-0.2, 0) is 9.59 Å². The summed E-state index contributed by atoms with van der Waals surface area (Å²) in [7, 11) is 0. The quantitative estimate of drug-likeness (QED) is 0.653. The zero-order chi connectivity index (χ0) is 15.6. The molecule has 0 saturated heterocycles. The third-order valence-corrected chi connectivity index (χ3v) is 3.91. The van der Waals surface area contributed by atoms with Crippen LogP contribution < -0.4 is 5.32 Å². The van der Waals surface area contributed by atoms with E-state index in [1.807, 2.05) is 0 Å². The minimum absolute atomic E-state index is 0.0531. The Kier molecular flexibility index (Phi) is 4.21. The number of anilines is 1. The Morgan fingerprint density at radius 2 is 2.00 bits per heavy atom. The van der Waals surface area contributed by atoms with Gasteiger partial charge in [-0.15, -0.1) is 0 Å². The number of nitro benzene ring substituents is 1. The topological polar surface area (TPSA) is 110 Å². The number of benzene rings is 1. The van der Waals surface area contributed by atoms with Gasteiger partial charge < -0.3 is 10.4 Å². The van der Waals surface area contributed by atoms with Crippen molar-refractivity contribution in [1.82, 2.24) is 0 Å². The lowest BCUT2D eigenvalue weighted by atomic mass is 10.0. The fraction of sp³-hybridized carbons (Fsp3) is 0.429.